The highest BCUT2D eigenvalue weighted by molar-refractivity contribution is 9.10. The van der Waals surface area contributed by atoms with Crippen molar-refractivity contribution >= 4 is 51.1 Å². The van der Waals surface area contributed by atoms with Crippen molar-refractivity contribution in [1.82, 2.24) is 4.31 Å². The molecular weight excluding hydrogens is 324 g/mol. The van der Waals surface area contributed by atoms with Crippen LogP contribution in [0, 0.1) is 0 Å². The van der Waals surface area contributed by atoms with E-state index in [0.29, 0.717) is 5.70 Å². The maximum Gasteiger partial charge on any atom is 0.355 e. The van der Waals surface area contributed by atoms with E-state index in [-0.39, 0.29) is 5.97 Å². The Kier molecular flexibility index (Phi) is 3.90. The summed E-state index contributed by atoms with van der Waals surface area (Å²) in [7, 11) is 3.15. The topological polar surface area (TPSA) is 41.9 Å². The van der Waals surface area contributed by atoms with Crippen molar-refractivity contribution in [3.63, 3.8) is 0 Å². The maximum atomic E-state index is 11.6. The number of rotatable bonds is 2. The van der Waals surface area contributed by atoms with E-state index >= 15 is 0 Å². The van der Waals surface area contributed by atoms with Gasteiger partial charge in [-0.05, 0) is 28.1 Å². The standard InChI is InChI=1S/C10H9BrN2O2S2/c1-13-8(10(14)15-2)4-7(12-17-13)9-3-6(11)5-16-9/h3-5H,1-2H3. The van der Waals surface area contributed by atoms with E-state index < -0.39 is 0 Å². The van der Waals surface area contributed by atoms with Crippen molar-refractivity contribution in [3.05, 3.63) is 32.6 Å². The molecule has 0 spiro atoms. The summed E-state index contributed by atoms with van der Waals surface area (Å²) in [4.78, 5) is 12.6. The van der Waals surface area contributed by atoms with E-state index in [2.05, 4.69) is 20.3 Å². The number of carbonyl (C=O) groups excluding carboxylic acids is 1. The lowest BCUT2D eigenvalue weighted by molar-refractivity contribution is -0.137. The molecular formula is C10H9BrN2O2S2. The minimum atomic E-state index is -0.358. The molecule has 1 aliphatic rings. The highest BCUT2D eigenvalue weighted by atomic mass is 79.9. The first kappa shape index (κ1) is 12.7. The average molecular weight is 333 g/mol. The molecule has 1 aromatic heterocycles. The highest BCUT2D eigenvalue weighted by Crippen LogP contribution is 2.28. The molecule has 17 heavy (non-hydrogen) atoms. The first-order valence-corrected chi connectivity index (χ1v) is 7.05. The Morgan fingerprint density at radius 1 is 1.59 bits per heavy atom. The number of esters is 1. The SMILES string of the molecule is COC(=O)C1=CC(c2cc(Br)cs2)=NSN1C. The van der Waals surface area contributed by atoms with Crippen LogP contribution in [0.4, 0.5) is 0 Å². The van der Waals surface area contributed by atoms with Crippen molar-refractivity contribution < 1.29 is 9.53 Å². The van der Waals surface area contributed by atoms with Crippen molar-refractivity contribution in [3.8, 4) is 0 Å². The number of thiophene rings is 1. The summed E-state index contributed by atoms with van der Waals surface area (Å²) >= 11 is 6.19. The monoisotopic (exact) mass is 332 g/mol. The number of hydrogen-bond donors (Lipinski definition) is 0. The Labute approximate surface area is 116 Å². The smallest absolute Gasteiger partial charge is 0.355 e. The van der Waals surface area contributed by atoms with Gasteiger partial charge in [0.1, 0.15) is 5.70 Å². The van der Waals surface area contributed by atoms with Crippen LogP contribution in [0.15, 0.2) is 32.1 Å². The summed E-state index contributed by atoms with van der Waals surface area (Å²) in [5, 5.41) is 1.98. The average Bonchev–Trinajstić information content (AvgIpc) is 2.75. The van der Waals surface area contributed by atoms with Gasteiger partial charge >= 0.3 is 5.97 Å². The number of ether oxygens (including phenoxy) is 1. The van der Waals surface area contributed by atoms with Gasteiger partial charge in [0.2, 0.25) is 0 Å². The lowest BCUT2D eigenvalue weighted by Gasteiger charge is -2.20. The van der Waals surface area contributed by atoms with E-state index in [0.717, 1.165) is 15.1 Å². The summed E-state index contributed by atoms with van der Waals surface area (Å²) < 4.78 is 11.7. The fourth-order valence-corrected chi connectivity index (χ4v) is 3.27. The van der Waals surface area contributed by atoms with E-state index in [9.17, 15) is 4.79 Å². The van der Waals surface area contributed by atoms with Gasteiger partial charge in [0, 0.05) is 16.9 Å². The van der Waals surface area contributed by atoms with Crippen LogP contribution >= 0.6 is 39.4 Å². The van der Waals surface area contributed by atoms with Crippen LogP contribution in [0.2, 0.25) is 0 Å². The van der Waals surface area contributed by atoms with Gasteiger partial charge in [-0.1, -0.05) is 0 Å². The van der Waals surface area contributed by atoms with Crippen LogP contribution in [-0.4, -0.2) is 30.1 Å². The van der Waals surface area contributed by atoms with Gasteiger partial charge in [-0.15, -0.1) is 11.3 Å². The van der Waals surface area contributed by atoms with Crippen molar-refractivity contribution in [2.75, 3.05) is 14.2 Å². The molecule has 0 radical (unpaired) electrons. The zero-order valence-corrected chi connectivity index (χ0v) is 12.4. The van der Waals surface area contributed by atoms with Crippen LogP contribution in [0.3, 0.4) is 0 Å². The van der Waals surface area contributed by atoms with Gasteiger partial charge in [-0.3, -0.25) is 4.31 Å². The predicted molar refractivity (Wildman–Crippen MR) is 74.0 cm³/mol. The molecule has 0 amide bonds. The van der Waals surface area contributed by atoms with Crippen LogP contribution < -0.4 is 0 Å². The minimum absolute atomic E-state index is 0.358. The maximum absolute atomic E-state index is 11.6. The van der Waals surface area contributed by atoms with Crippen LogP contribution in [0.1, 0.15) is 4.88 Å². The Morgan fingerprint density at radius 2 is 2.35 bits per heavy atom. The Morgan fingerprint density at radius 3 is 2.94 bits per heavy atom. The summed E-state index contributed by atoms with van der Waals surface area (Å²) in [6, 6.07) is 1.97. The van der Waals surface area contributed by atoms with Gasteiger partial charge < -0.3 is 4.74 Å². The molecule has 1 aliphatic heterocycles. The van der Waals surface area contributed by atoms with E-state index in [4.69, 9.17) is 4.74 Å². The van der Waals surface area contributed by atoms with Gasteiger partial charge in [-0.25, -0.2) is 4.79 Å². The van der Waals surface area contributed by atoms with E-state index in [1.165, 1.54) is 19.2 Å². The Bertz CT molecular complexity index is 510. The van der Waals surface area contributed by atoms with Gasteiger partial charge in [0.05, 0.1) is 29.8 Å². The minimum Gasteiger partial charge on any atom is -0.464 e. The quantitative estimate of drug-likeness (QED) is 0.617. The molecule has 0 N–H and O–H groups in total. The summed E-state index contributed by atoms with van der Waals surface area (Å²) in [6.45, 7) is 0. The fourth-order valence-electron chi connectivity index (χ4n) is 1.25. The number of likely N-dealkylation sites (N-methyl/N-ethyl adjacent to an activating group) is 1. The number of hydrogen-bond acceptors (Lipinski definition) is 6. The molecule has 2 heterocycles. The normalized spacial score (nSPS) is 15.4. The number of nitrogens with zero attached hydrogens (tertiary/aromatic N) is 2. The van der Waals surface area contributed by atoms with E-state index in [1.807, 2.05) is 11.4 Å². The lowest BCUT2D eigenvalue weighted by atomic mass is 10.2. The molecule has 2 rings (SSSR count). The van der Waals surface area contributed by atoms with Gasteiger partial charge in [0.15, 0.2) is 0 Å². The molecule has 0 saturated carbocycles. The second-order valence-electron chi connectivity index (χ2n) is 3.21. The van der Waals surface area contributed by atoms with Crippen LogP contribution in [0.25, 0.3) is 0 Å². The first-order chi connectivity index (χ1) is 8.11. The zero-order chi connectivity index (χ0) is 12.4. The first-order valence-electron chi connectivity index (χ1n) is 4.65. The third kappa shape index (κ3) is 2.72. The molecule has 4 nitrogen and oxygen atoms in total. The molecule has 0 atom stereocenters. The second-order valence-corrected chi connectivity index (χ2v) is 5.93. The molecule has 7 heteroatoms. The predicted octanol–water partition coefficient (Wildman–Crippen LogP) is 2.87. The van der Waals surface area contributed by atoms with Crippen molar-refractivity contribution in [2.24, 2.45) is 4.40 Å². The second kappa shape index (κ2) is 5.24. The molecule has 0 bridgehead atoms. The highest BCUT2D eigenvalue weighted by Gasteiger charge is 2.21. The number of methoxy groups -OCH3 is 1. The summed E-state index contributed by atoms with van der Waals surface area (Å²) in [5.41, 5.74) is 1.27. The Hall–Kier alpha value is -0.790. The fraction of sp³-hybridized carbons (Fsp3) is 0.200. The summed E-state index contributed by atoms with van der Waals surface area (Å²) in [6.07, 6.45) is 1.74. The molecule has 0 aromatic carbocycles. The number of halogens is 1. The molecule has 0 fully saturated rings. The Balaban J connectivity index is 2.32. The molecule has 1 aromatic rings. The van der Waals surface area contributed by atoms with Crippen molar-refractivity contribution in [1.29, 1.82) is 0 Å². The van der Waals surface area contributed by atoms with Gasteiger partial charge in [0.25, 0.3) is 0 Å². The number of carbonyl (C=O) groups is 1. The summed E-state index contributed by atoms with van der Waals surface area (Å²) in [5.74, 6) is -0.358. The largest absolute Gasteiger partial charge is 0.464 e. The number of allylic oxidation sites excluding steroid dienone is 1. The molecule has 90 valence electrons. The van der Waals surface area contributed by atoms with E-state index in [1.54, 1.807) is 28.8 Å². The van der Waals surface area contributed by atoms with Crippen LogP contribution in [-0.2, 0) is 9.53 Å². The van der Waals surface area contributed by atoms with Gasteiger partial charge in [-0.2, -0.15) is 4.40 Å². The molecule has 0 unspecified atom stereocenters. The molecule has 0 saturated heterocycles. The lowest BCUT2D eigenvalue weighted by Crippen LogP contribution is -2.22. The van der Waals surface area contributed by atoms with Crippen LogP contribution in [0.5, 0.6) is 0 Å². The zero-order valence-electron chi connectivity index (χ0n) is 9.14. The third-order valence-corrected chi connectivity index (χ3v) is 4.52. The third-order valence-electron chi connectivity index (χ3n) is 2.09. The van der Waals surface area contributed by atoms with Crippen molar-refractivity contribution in [2.45, 2.75) is 0 Å². The molecule has 0 aliphatic carbocycles.